The third-order valence-electron chi connectivity index (χ3n) is 2.82. The number of methoxy groups -OCH3 is 2. The van der Waals surface area contributed by atoms with Crippen LogP contribution in [0.2, 0.25) is 0 Å². The van der Waals surface area contributed by atoms with Gasteiger partial charge in [-0.15, -0.1) is 0 Å². The van der Waals surface area contributed by atoms with Crippen LogP contribution in [0.3, 0.4) is 0 Å². The average molecular weight is 314 g/mol. The van der Waals surface area contributed by atoms with Crippen LogP contribution in [0.25, 0.3) is 0 Å². The molecule has 0 spiro atoms. The van der Waals surface area contributed by atoms with E-state index < -0.39 is 12.2 Å². The summed E-state index contributed by atoms with van der Waals surface area (Å²) in [5, 5.41) is 20.1. The zero-order chi connectivity index (χ0) is 16.0. The van der Waals surface area contributed by atoms with Gasteiger partial charge >= 0.3 is 0 Å². The number of benzene rings is 1. The fraction of sp³-hybridized carbons (Fsp3) is 0.429. The summed E-state index contributed by atoms with van der Waals surface area (Å²) in [6, 6.07) is 2.89. The van der Waals surface area contributed by atoms with Gasteiger partial charge in [0, 0.05) is 18.2 Å². The molecule has 6 nitrogen and oxygen atoms in total. The zero-order valence-corrected chi connectivity index (χ0v) is 12.8. The highest BCUT2D eigenvalue weighted by Crippen LogP contribution is 2.37. The van der Waals surface area contributed by atoms with Crippen LogP contribution in [0.15, 0.2) is 12.1 Å². The van der Waals surface area contributed by atoms with Crippen molar-refractivity contribution in [2.24, 2.45) is 0 Å². The molecular formula is C14H18O6S. The molecular weight excluding hydrogens is 296 g/mol. The fourth-order valence-corrected chi connectivity index (χ4v) is 2.39. The van der Waals surface area contributed by atoms with Gasteiger partial charge in [-0.3, -0.25) is 9.59 Å². The lowest BCUT2D eigenvalue weighted by molar-refractivity contribution is -0.109. The molecule has 1 aromatic carbocycles. The molecule has 1 aromatic rings. The Morgan fingerprint density at radius 1 is 1.29 bits per heavy atom. The largest absolute Gasteiger partial charge is 0.496 e. The molecule has 0 aliphatic heterocycles. The van der Waals surface area contributed by atoms with Crippen molar-refractivity contribution >= 4 is 23.2 Å². The fourth-order valence-electron chi connectivity index (χ4n) is 1.80. The van der Waals surface area contributed by atoms with Crippen molar-refractivity contribution in [2.75, 3.05) is 20.0 Å². The smallest absolute Gasteiger partial charge is 0.185 e. The van der Waals surface area contributed by atoms with Crippen LogP contribution in [0.1, 0.15) is 28.9 Å². The Morgan fingerprint density at radius 2 is 1.81 bits per heavy atom. The van der Waals surface area contributed by atoms with E-state index in [-0.39, 0.29) is 27.9 Å². The summed E-state index contributed by atoms with van der Waals surface area (Å²) in [4.78, 5) is 21.8. The molecule has 0 fully saturated rings. The van der Waals surface area contributed by atoms with Crippen LogP contribution in [0.4, 0.5) is 0 Å². The molecule has 0 radical (unpaired) electrons. The molecule has 0 aliphatic carbocycles. The monoisotopic (exact) mass is 314 g/mol. The minimum atomic E-state index is -1.30. The molecule has 0 bridgehead atoms. The Morgan fingerprint density at radius 3 is 2.19 bits per heavy atom. The maximum absolute atomic E-state index is 10.9. The van der Waals surface area contributed by atoms with Crippen LogP contribution in [0.5, 0.6) is 11.5 Å². The highest BCUT2D eigenvalue weighted by molar-refractivity contribution is 8.13. The van der Waals surface area contributed by atoms with Crippen LogP contribution >= 0.6 is 11.8 Å². The van der Waals surface area contributed by atoms with Crippen LogP contribution in [0, 0.1) is 0 Å². The molecule has 1 rings (SSSR count). The van der Waals surface area contributed by atoms with Gasteiger partial charge in [0.2, 0.25) is 0 Å². The molecule has 0 aromatic heterocycles. The average Bonchev–Trinajstić information content (AvgIpc) is 2.50. The topological polar surface area (TPSA) is 93.1 Å². The van der Waals surface area contributed by atoms with Gasteiger partial charge in [0.25, 0.3) is 0 Å². The van der Waals surface area contributed by atoms with Gasteiger partial charge in [-0.1, -0.05) is 11.8 Å². The Hall–Kier alpha value is -1.57. The number of ether oxygens (including phenoxy) is 2. The van der Waals surface area contributed by atoms with Crippen LogP contribution in [-0.4, -0.2) is 47.7 Å². The first-order valence-electron chi connectivity index (χ1n) is 6.15. The maximum atomic E-state index is 10.9. The summed E-state index contributed by atoms with van der Waals surface area (Å²) in [7, 11) is 2.77. The second-order valence-corrected chi connectivity index (χ2v) is 5.47. The lowest BCUT2D eigenvalue weighted by Crippen LogP contribution is -2.22. The maximum Gasteiger partial charge on any atom is 0.185 e. The molecule has 2 unspecified atom stereocenters. The highest BCUT2D eigenvalue weighted by Gasteiger charge is 2.26. The molecule has 2 N–H and O–H groups in total. The summed E-state index contributed by atoms with van der Waals surface area (Å²) in [5.41, 5.74) is 0.564. The first-order chi connectivity index (χ1) is 9.94. The predicted octanol–water partition coefficient (Wildman–Crippen LogP) is 1.19. The SMILES string of the molecule is COc1cc(C=O)cc(OC)c1C(O)C(O)CSC(C)=O. The Kier molecular flexibility index (Phi) is 6.67. The van der Waals surface area contributed by atoms with Crippen molar-refractivity contribution in [1.82, 2.24) is 0 Å². The van der Waals surface area contributed by atoms with E-state index in [1.807, 2.05) is 0 Å². The number of rotatable bonds is 7. The van der Waals surface area contributed by atoms with E-state index in [1.54, 1.807) is 0 Å². The number of carbonyl (C=O) groups excluding carboxylic acids is 2. The summed E-state index contributed by atoms with van der Waals surface area (Å²) >= 11 is 0.910. The first-order valence-corrected chi connectivity index (χ1v) is 7.13. The number of carbonyl (C=O) groups is 2. The summed E-state index contributed by atoms with van der Waals surface area (Å²) in [6.07, 6.45) is -1.85. The van der Waals surface area contributed by atoms with E-state index in [2.05, 4.69) is 0 Å². The second-order valence-electron chi connectivity index (χ2n) is 4.27. The van der Waals surface area contributed by atoms with E-state index in [0.717, 1.165) is 11.8 Å². The van der Waals surface area contributed by atoms with Gasteiger partial charge < -0.3 is 19.7 Å². The van der Waals surface area contributed by atoms with Gasteiger partial charge in [-0.25, -0.2) is 0 Å². The van der Waals surface area contributed by atoms with Crippen molar-refractivity contribution in [3.8, 4) is 11.5 Å². The number of aliphatic hydroxyl groups excluding tert-OH is 2. The second kappa shape index (κ2) is 8.02. The normalized spacial score (nSPS) is 13.4. The number of hydrogen-bond acceptors (Lipinski definition) is 7. The number of hydrogen-bond donors (Lipinski definition) is 2. The molecule has 0 saturated carbocycles. The molecule has 7 heteroatoms. The minimum absolute atomic E-state index is 0.0399. The van der Waals surface area contributed by atoms with E-state index >= 15 is 0 Å². The molecule has 116 valence electrons. The Labute approximate surface area is 127 Å². The number of thioether (sulfide) groups is 1. The zero-order valence-electron chi connectivity index (χ0n) is 12.0. The summed E-state index contributed by atoms with van der Waals surface area (Å²) < 4.78 is 10.3. The van der Waals surface area contributed by atoms with Crippen molar-refractivity contribution in [3.05, 3.63) is 23.3 Å². The minimum Gasteiger partial charge on any atom is -0.496 e. The summed E-state index contributed by atoms with van der Waals surface area (Å²) in [5.74, 6) is 0.504. The standard InChI is InChI=1S/C14H18O6S/c1-8(16)21-7-10(17)14(18)13-11(19-2)4-9(6-15)5-12(13)20-3/h4-6,10,14,17-18H,7H2,1-3H3. The van der Waals surface area contributed by atoms with E-state index in [4.69, 9.17) is 9.47 Å². The third-order valence-corrected chi connectivity index (χ3v) is 3.73. The van der Waals surface area contributed by atoms with Crippen molar-refractivity contribution in [3.63, 3.8) is 0 Å². The van der Waals surface area contributed by atoms with Gasteiger partial charge in [0.15, 0.2) is 5.12 Å². The predicted molar refractivity (Wildman–Crippen MR) is 79.0 cm³/mol. The van der Waals surface area contributed by atoms with Crippen LogP contribution in [-0.2, 0) is 4.79 Å². The van der Waals surface area contributed by atoms with Crippen molar-refractivity contribution < 1.29 is 29.3 Å². The van der Waals surface area contributed by atoms with Gasteiger partial charge in [-0.05, 0) is 12.1 Å². The molecule has 0 heterocycles. The van der Waals surface area contributed by atoms with E-state index in [0.29, 0.717) is 11.8 Å². The highest BCUT2D eigenvalue weighted by atomic mass is 32.2. The molecule has 0 aliphatic rings. The Balaban J connectivity index is 3.14. The quantitative estimate of drug-likeness (QED) is 0.730. The van der Waals surface area contributed by atoms with E-state index in [9.17, 15) is 19.8 Å². The summed E-state index contributed by atoms with van der Waals surface area (Å²) in [6.45, 7) is 1.38. The van der Waals surface area contributed by atoms with E-state index in [1.165, 1.54) is 33.3 Å². The molecule has 0 saturated heterocycles. The van der Waals surface area contributed by atoms with Crippen molar-refractivity contribution in [2.45, 2.75) is 19.1 Å². The van der Waals surface area contributed by atoms with Gasteiger partial charge in [0.05, 0.1) is 25.9 Å². The number of aldehydes is 1. The first kappa shape index (κ1) is 17.5. The molecule has 21 heavy (non-hydrogen) atoms. The third kappa shape index (κ3) is 4.45. The van der Waals surface area contributed by atoms with Crippen LogP contribution < -0.4 is 9.47 Å². The van der Waals surface area contributed by atoms with Gasteiger partial charge in [0.1, 0.15) is 23.9 Å². The molecule has 0 amide bonds. The van der Waals surface area contributed by atoms with Gasteiger partial charge in [-0.2, -0.15) is 0 Å². The lowest BCUT2D eigenvalue weighted by atomic mass is 10.0. The molecule has 2 atom stereocenters. The van der Waals surface area contributed by atoms with Crippen molar-refractivity contribution in [1.29, 1.82) is 0 Å². The Bertz CT molecular complexity index is 491. The number of aliphatic hydroxyl groups is 2. The lowest BCUT2D eigenvalue weighted by Gasteiger charge is -2.22.